The van der Waals surface area contributed by atoms with E-state index in [-0.39, 0.29) is 18.3 Å². The lowest BCUT2D eigenvalue weighted by Crippen LogP contribution is -2.32. The molecule has 0 heterocycles. The first kappa shape index (κ1) is 17.7. The second-order valence-corrected chi connectivity index (χ2v) is 5.57. The molecule has 3 heteroatoms. The second kappa shape index (κ2) is 8.18. The second-order valence-electron chi connectivity index (χ2n) is 5.57. The molecule has 0 aliphatic carbocycles. The van der Waals surface area contributed by atoms with Crippen molar-refractivity contribution in [2.75, 3.05) is 20.6 Å². The fourth-order valence-electron chi connectivity index (χ4n) is 2.68. The molecule has 2 unspecified atom stereocenters. The molecule has 0 saturated heterocycles. The Bertz CT molecular complexity index is 542. The van der Waals surface area contributed by atoms with Crippen LogP contribution in [0.3, 0.4) is 0 Å². The predicted octanol–water partition coefficient (Wildman–Crippen LogP) is 3.47. The molecule has 2 aromatic rings. The maximum absolute atomic E-state index is 10.7. The maximum atomic E-state index is 10.7. The van der Waals surface area contributed by atoms with Crippen LogP contribution in [-0.2, 0) is 0 Å². The molecule has 114 valence electrons. The van der Waals surface area contributed by atoms with Crippen LogP contribution in [0.5, 0.6) is 0 Å². The molecule has 0 saturated carbocycles. The Morgan fingerprint density at radius 2 is 1.52 bits per heavy atom. The summed E-state index contributed by atoms with van der Waals surface area (Å²) in [5.41, 5.74) is 3.59. The van der Waals surface area contributed by atoms with E-state index in [0.717, 1.165) is 5.56 Å². The number of halogens is 1. The number of rotatable bonds is 5. The van der Waals surface area contributed by atoms with E-state index in [4.69, 9.17) is 0 Å². The largest absolute Gasteiger partial charge is 0.391 e. The van der Waals surface area contributed by atoms with Crippen molar-refractivity contribution in [3.63, 3.8) is 0 Å². The van der Waals surface area contributed by atoms with Gasteiger partial charge in [0.05, 0.1) is 6.10 Å². The molecule has 0 amide bonds. The van der Waals surface area contributed by atoms with Crippen LogP contribution >= 0.6 is 12.4 Å². The molecule has 1 N–H and O–H groups in total. The summed E-state index contributed by atoms with van der Waals surface area (Å²) in [5.74, 6) is 0.0137. The predicted molar refractivity (Wildman–Crippen MR) is 91.3 cm³/mol. The summed E-state index contributed by atoms with van der Waals surface area (Å²) in [6, 6.07) is 18.6. The number of hydrogen-bond donors (Lipinski definition) is 1. The molecular formula is C18H24ClNO. The zero-order valence-electron chi connectivity index (χ0n) is 12.9. The normalized spacial score (nSPS) is 13.6. The van der Waals surface area contributed by atoms with E-state index in [2.05, 4.69) is 31.2 Å². The highest BCUT2D eigenvalue weighted by molar-refractivity contribution is 5.85. The molecule has 2 nitrogen and oxygen atoms in total. The molecule has 0 fully saturated rings. The van der Waals surface area contributed by atoms with Crippen LogP contribution < -0.4 is 0 Å². The minimum Gasteiger partial charge on any atom is -0.391 e. The molecule has 2 rings (SSSR count). The molecule has 2 aromatic carbocycles. The molecule has 0 aliphatic rings. The molecule has 0 bridgehead atoms. The van der Waals surface area contributed by atoms with Crippen molar-refractivity contribution in [3.8, 4) is 0 Å². The van der Waals surface area contributed by atoms with Crippen LogP contribution in [0.4, 0.5) is 0 Å². The Morgan fingerprint density at radius 1 is 0.952 bits per heavy atom. The van der Waals surface area contributed by atoms with E-state index >= 15 is 0 Å². The van der Waals surface area contributed by atoms with Gasteiger partial charge in [0, 0.05) is 12.5 Å². The highest BCUT2D eigenvalue weighted by Gasteiger charge is 2.24. The average molecular weight is 306 g/mol. The SMILES string of the molecule is Cc1ccccc1C(c1ccccc1)C(O)CN(C)C.Cl. The molecule has 0 aromatic heterocycles. The summed E-state index contributed by atoms with van der Waals surface area (Å²) < 4.78 is 0. The van der Waals surface area contributed by atoms with Crippen LogP contribution in [-0.4, -0.2) is 36.8 Å². The molecule has 2 atom stereocenters. The number of hydrogen-bond acceptors (Lipinski definition) is 2. The molecule has 0 aliphatic heterocycles. The van der Waals surface area contributed by atoms with Gasteiger partial charge in [-0.05, 0) is 37.7 Å². The van der Waals surface area contributed by atoms with Crippen molar-refractivity contribution >= 4 is 12.4 Å². The zero-order valence-corrected chi connectivity index (χ0v) is 13.7. The lowest BCUT2D eigenvalue weighted by molar-refractivity contribution is 0.121. The Balaban J connectivity index is 0.00000220. The first-order chi connectivity index (χ1) is 9.59. The van der Waals surface area contributed by atoms with E-state index in [1.54, 1.807) is 0 Å². The monoisotopic (exact) mass is 305 g/mol. The standard InChI is InChI=1S/C18H23NO.ClH/c1-14-9-7-8-12-16(14)18(17(20)13-19(2)3)15-10-5-4-6-11-15;/h4-12,17-18,20H,13H2,1-3H3;1H. The van der Waals surface area contributed by atoms with Gasteiger partial charge < -0.3 is 10.0 Å². The molecule has 0 spiro atoms. The van der Waals surface area contributed by atoms with Gasteiger partial charge in [0.25, 0.3) is 0 Å². The highest BCUT2D eigenvalue weighted by atomic mass is 35.5. The Kier molecular flexibility index (Phi) is 6.90. The Hall–Kier alpha value is -1.35. The molecule has 0 radical (unpaired) electrons. The van der Waals surface area contributed by atoms with Crippen LogP contribution in [0.25, 0.3) is 0 Å². The van der Waals surface area contributed by atoms with Gasteiger partial charge in [-0.15, -0.1) is 12.4 Å². The van der Waals surface area contributed by atoms with Crippen LogP contribution in [0.1, 0.15) is 22.6 Å². The highest BCUT2D eigenvalue weighted by Crippen LogP contribution is 2.30. The Morgan fingerprint density at radius 3 is 2.10 bits per heavy atom. The lowest BCUT2D eigenvalue weighted by atomic mass is 9.84. The quantitative estimate of drug-likeness (QED) is 0.914. The van der Waals surface area contributed by atoms with Crippen molar-refractivity contribution in [2.24, 2.45) is 0 Å². The third kappa shape index (κ3) is 4.57. The van der Waals surface area contributed by atoms with E-state index in [1.807, 2.05) is 49.3 Å². The third-order valence-electron chi connectivity index (χ3n) is 3.62. The smallest absolute Gasteiger partial charge is 0.0775 e. The van der Waals surface area contributed by atoms with Gasteiger partial charge in [0.1, 0.15) is 0 Å². The van der Waals surface area contributed by atoms with Crippen LogP contribution in [0.15, 0.2) is 54.6 Å². The molecular weight excluding hydrogens is 282 g/mol. The van der Waals surface area contributed by atoms with E-state index in [9.17, 15) is 5.11 Å². The fourth-order valence-corrected chi connectivity index (χ4v) is 2.68. The van der Waals surface area contributed by atoms with Gasteiger partial charge in [-0.2, -0.15) is 0 Å². The first-order valence-electron chi connectivity index (χ1n) is 7.03. The summed E-state index contributed by atoms with van der Waals surface area (Å²) in [7, 11) is 3.98. The topological polar surface area (TPSA) is 23.5 Å². The van der Waals surface area contributed by atoms with Crippen molar-refractivity contribution < 1.29 is 5.11 Å². The summed E-state index contributed by atoms with van der Waals surface area (Å²) in [4.78, 5) is 2.03. The van der Waals surface area contributed by atoms with E-state index in [1.165, 1.54) is 11.1 Å². The van der Waals surface area contributed by atoms with Crippen LogP contribution in [0.2, 0.25) is 0 Å². The van der Waals surface area contributed by atoms with Crippen molar-refractivity contribution in [1.82, 2.24) is 4.90 Å². The summed E-state index contributed by atoms with van der Waals surface area (Å²) in [6.45, 7) is 2.75. The van der Waals surface area contributed by atoms with E-state index in [0.29, 0.717) is 6.54 Å². The summed E-state index contributed by atoms with van der Waals surface area (Å²) in [5, 5.41) is 10.7. The number of aryl methyl sites for hydroxylation is 1. The van der Waals surface area contributed by atoms with E-state index < -0.39 is 6.10 Å². The third-order valence-corrected chi connectivity index (χ3v) is 3.62. The summed E-state index contributed by atoms with van der Waals surface area (Å²) in [6.07, 6.45) is -0.423. The summed E-state index contributed by atoms with van der Waals surface area (Å²) >= 11 is 0. The fraction of sp³-hybridized carbons (Fsp3) is 0.333. The van der Waals surface area contributed by atoms with Crippen molar-refractivity contribution in [1.29, 1.82) is 0 Å². The number of likely N-dealkylation sites (N-methyl/N-ethyl adjacent to an activating group) is 1. The minimum atomic E-state index is -0.423. The van der Waals surface area contributed by atoms with Gasteiger partial charge in [0.15, 0.2) is 0 Å². The number of nitrogens with zero attached hydrogens (tertiary/aromatic N) is 1. The average Bonchev–Trinajstić information content (AvgIpc) is 2.42. The minimum absolute atomic E-state index is 0. The molecule has 21 heavy (non-hydrogen) atoms. The van der Waals surface area contributed by atoms with Crippen molar-refractivity contribution in [3.05, 3.63) is 71.3 Å². The number of aliphatic hydroxyl groups is 1. The Labute approximate surface area is 133 Å². The van der Waals surface area contributed by atoms with Crippen molar-refractivity contribution in [2.45, 2.75) is 18.9 Å². The van der Waals surface area contributed by atoms with Gasteiger partial charge in [0.2, 0.25) is 0 Å². The first-order valence-corrected chi connectivity index (χ1v) is 7.03. The number of aliphatic hydroxyl groups excluding tert-OH is 1. The van der Waals surface area contributed by atoms with Gasteiger partial charge in [-0.25, -0.2) is 0 Å². The maximum Gasteiger partial charge on any atom is 0.0775 e. The van der Waals surface area contributed by atoms with Gasteiger partial charge in [-0.3, -0.25) is 0 Å². The van der Waals surface area contributed by atoms with Gasteiger partial charge in [-0.1, -0.05) is 54.6 Å². The van der Waals surface area contributed by atoms with Crippen LogP contribution in [0, 0.1) is 6.92 Å². The number of benzene rings is 2. The zero-order chi connectivity index (χ0) is 14.5. The van der Waals surface area contributed by atoms with Gasteiger partial charge >= 0.3 is 0 Å². The lowest BCUT2D eigenvalue weighted by Gasteiger charge is -2.27.